The Labute approximate surface area is 78.5 Å². The molecule has 0 amide bonds. The van der Waals surface area contributed by atoms with E-state index >= 15 is 0 Å². The van der Waals surface area contributed by atoms with Crippen LogP contribution in [0.15, 0.2) is 21.3 Å². The third kappa shape index (κ3) is 1.38. The van der Waals surface area contributed by atoms with Crippen LogP contribution >= 0.6 is 22.6 Å². The van der Waals surface area contributed by atoms with Gasteiger partial charge in [-0.05, 0) is 54.2 Å². The minimum absolute atomic E-state index is 0.463. The van der Waals surface area contributed by atoms with E-state index in [0.29, 0.717) is 5.57 Å². The standard InChI is InChI=1S/C8H8FIO/c1-5-6(10)3-4-7(11)8(5,2)9/h3-4H,1-2H3/t8-/m1/s1. The average Bonchev–Trinajstić information content (AvgIpc) is 1.95. The Morgan fingerprint density at radius 3 is 2.55 bits per heavy atom. The molecule has 0 aromatic carbocycles. The van der Waals surface area contributed by atoms with Gasteiger partial charge in [-0.1, -0.05) is 0 Å². The quantitative estimate of drug-likeness (QED) is 0.616. The van der Waals surface area contributed by atoms with Crippen LogP contribution in [-0.2, 0) is 4.79 Å². The van der Waals surface area contributed by atoms with E-state index in [0.717, 1.165) is 3.58 Å². The summed E-state index contributed by atoms with van der Waals surface area (Å²) in [5.74, 6) is -0.463. The maximum Gasteiger partial charge on any atom is 0.196 e. The summed E-state index contributed by atoms with van der Waals surface area (Å²) < 4.78 is 14.3. The SMILES string of the molecule is CC1=C(I)C=CC(=O)[C@]1(C)F. The van der Waals surface area contributed by atoms with Gasteiger partial charge in [0.1, 0.15) is 0 Å². The van der Waals surface area contributed by atoms with Gasteiger partial charge in [-0.2, -0.15) is 0 Å². The van der Waals surface area contributed by atoms with E-state index in [2.05, 4.69) is 0 Å². The normalized spacial score (nSPS) is 31.5. The minimum atomic E-state index is -1.79. The molecule has 0 aromatic rings. The van der Waals surface area contributed by atoms with Gasteiger partial charge in [-0.25, -0.2) is 4.39 Å². The first-order valence-corrected chi connectivity index (χ1v) is 4.32. The van der Waals surface area contributed by atoms with E-state index in [1.54, 1.807) is 13.0 Å². The van der Waals surface area contributed by atoms with E-state index < -0.39 is 11.5 Å². The lowest BCUT2D eigenvalue weighted by molar-refractivity contribution is -0.122. The number of ketones is 1. The van der Waals surface area contributed by atoms with E-state index in [1.807, 2.05) is 22.6 Å². The predicted molar refractivity (Wildman–Crippen MR) is 50.4 cm³/mol. The maximum atomic E-state index is 13.4. The summed E-state index contributed by atoms with van der Waals surface area (Å²) in [4.78, 5) is 11.0. The molecule has 0 fully saturated rings. The van der Waals surface area contributed by atoms with E-state index in [9.17, 15) is 9.18 Å². The summed E-state index contributed by atoms with van der Waals surface area (Å²) in [6.07, 6.45) is 2.92. The Kier molecular flexibility index (Phi) is 2.18. The molecule has 0 bridgehead atoms. The van der Waals surface area contributed by atoms with Crippen molar-refractivity contribution in [2.24, 2.45) is 0 Å². The molecule has 0 aromatic heterocycles. The van der Waals surface area contributed by atoms with Gasteiger partial charge in [0.25, 0.3) is 0 Å². The van der Waals surface area contributed by atoms with Crippen molar-refractivity contribution >= 4 is 28.4 Å². The first-order chi connectivity index (χ1) is 4.96. The zero-order valence-corrected chi connectivity index (χ0v) is 8.48. The molecule has 1 aliphatic carbocycles. The van der Waals surface area contributed by atoms with Crippen LogP contribution < -0.4 is 0 Å². The average molecular weight is 266 g/mol. The number of allylic oxidation sites excluding steroid dienone is 4. The largest absolute Gasteiger partial charge is 0.291 e. The van der Waals surface area contributed by atoms with E-state index in [4.69, 9.17) is 0 Å². The van der Waals surface area contributed by atoms with Crippen LogP contribution in [0.3, 0.4) is 0 Å². The lowest BCUT2D eigenvalue weighted by atomic mass is 9.90. The highest BCUT2D eigenvalue weighted by atomic mass is 127. The zero-order valence-electron chi connectivity index (χ0n) is 6.32. The Balaban J connectivity index is 3.17. The minimum Gasteiger partial charge on any atom is -0.291 e. The number of rotatable bonds is 0. The molecule has 11 heavy (non-hydrogen) atoms. The molecule has 1 nitrogen and oxygen atoms in total. The number of hydrogen-bond donors (Lipinski definition) is 0. The van der Waals surface area contributed by atoms with Gasteiger partial charge in [0.05, 0.1) is 0 Å². The predicted octanol–water partition coefficient (Wildman–Crippen LogP) is 2.56. The Morgan fingerprint density at radius 1 is 1.55 bits per heavy atom. The number of hydrogen-bond acceptors (Lipinski definition) is 1. The van der Waals surface area contributed by atoms with Crippen LogP contribution in [0, 0.1) is 0 Å². The molecule has 0 N–H and O–H groups in total. The van der Waals surface area contributed by atoms with Gasteiger partial charge in [0.2, 0.25) is 0 Å². The molecule has 3 heteroatoms. The summed E-state index contributed by atoms with van der Waals surface area (Å²) in [6.45, 7) is 2.94. The fourth-order valence-electron chi connectivity index (χ4n) is 0.839. The third-order valence-corrected chi connectivity index (χ3v) is 3.07. The number of carbonyl (C=O) groups is 1. The molecule has 0 radical (unpaired) electrons. The van der Waals surface area contributed by atoms with Crippen LogP contribution in [-0.4, -0.2) is 11.5 Å². The van der Waals surface area contributed by atoms with Crippen LogP contribution in [0.1, 0.15) is 13.8 Å². The van der Waals surface area contributed by atoms with Crippen molar-refractivity contribution in [3.63, 3.8) is 0 Å². The molecule has 0 heterocycles. The van der Waals surface area contributed by atoms with Crippen molar-refractivity contribution in [2.75, 3.05) is 0 Å². The monoisotopic (exact) mass is 266 g/mol. The molecule has 0 saturated carbocycles. The van der Waals surface area contributed by atoms with Gasteiger partial charge in [0.15, 0.2) is 11.5 Å². The van der Waals surface area contributed by atoms with Crippen molar-refractivity contribution in [3.8, 4) is 0 Å². The first kappa shape index (κ1) is 8.90. The van der Waals surface area contributed by atoms with Crippen molar-refractivity contribution in [2.45, 2.75) is 19.5 Å². The number of alkyl halides is 1. The number of halogens is 2. The number of carbonyl (C=O) groups excluding carboxylic acids is 1. The molecule has 0 aliphatic heterocycles. The van der Waals surface area contributed by atoms with Crippen molar-refractivity contribution < 1.29 is 9.18 Å². The summed E-state index contributed by atoms with van der Waals surface area (Å²) in [5, 5.41) is 0. The molecular formula is C8H8FIO. The molecule has 0 spiro atoms. The van der Waals surface area contributed by atoms with Crippen LogP contribution in [0.2, 0.25) is 0 Å². The maximum absolute atomic E-state index is 13.4. The van der Waals surface area contributed by atoms with Crippen LogP contribution in [0.25, 0.3) is 0 Å². The first-order valence-electron chi connectivity index (χ1n) is 3.24. The lowest BCUT2D eigenvalue weighted by Crippen LogP contribution is -2.32. The Hall–Kier alpha value is -0.190. The van der Waals surface area contributed by atoms with E-state index in [-0.39, 0.29) is 0 Å². The fraction of sp³-hybridized carbons (Fsp3) is 0.375. The fourth-order valence-corrected chi connectivity index (χ4v) is 1.53. The van der Waals surface area contributed by atoms with E-state index in [1.165, 1.54) is 13.0 Å². The Bertz CT molecular complexity index is 263. The molecule has 1 rings (SSSR count). The Morgan fingerprint density at radius 2 is 2.09 bits per heavy atom. The second-order valence-electron chi connectivity index (χ2n) is 2.67. The van der Waals surface area contributed by atoms with Crippen molar-refractivity contribution in [1.82, 2.24) is 0 Å². The summed E-state index contributed by atoms with van der Waals surface area (Å²) in [7, 11) is 0. The smallest absolute Gasteiger partial charge is 0.196 e. The molecule has 1 aliphatic rings. The highest BCUT2D eigenvalue weighted by Gasteiger charge is 2.36. The second-order valence-corrected chi connectivity index (χ2v) is 3.84. The highest BCUT2D eigenvalue weighted by molar-refractivity contribution is 14.1. The third-order valence-electron chi connectivity index (χ3n) is 1.91. The van der Waals surface area contributed by atoms with Gasteiger partial charge >= 0.3 is 0 Å². The van der Waals surface area contributed by atoms with Gasteiger partial charge in [0, 0.05) is 3.58 Å². The summed E-state index contributed by atoms with van der Waals surface area (Å²) in [5.41, 5.74) is -1.28. The van der Waals surface area contributed by atoms with Gasteiger partial charge in [-0.15, -0.1) is 0 Å². The molecule has 1 atom stereocenters. The van der Waals surface area contributed by atoms with Crippen molar-refractivity contribution in [3.05, 3.63) is 21.3 Å². The van der Waals surface area contributed by atoms with Crippen molar-refractivity contribution in [1.29, 1.82) is 0 Å². The second kappa shape index (κ2) is 2.69. The molecule has 0 saturated heterocycles. The lowest BCUT2D eigenvalue weighted by Gasteiger charge is -2.22. The van der Waals surface area contributed by atoms with Crippen LogP contribution in [0.5, 0.6) is 0 Å². The van der Waals surface area contributed by atoms with Gasteiger partial charge in [-0.3, -0.25) is 4.79 Å². The van der Waals surface area contributed by atoms with Crippen LogP contribution in [0.4, 0.5) is 4.39 Å². The molecular weight excluding hydrogens is 258 g/mol. The van der Waals surface area contributed by atoms with Gasteiger partial charge < -0.3 is 0 Å². The molecule has 60 valence electrons. The topological polar surface area (TPSA) is 17.1 Å². The summed E-state index contributed by atoms with van der Waals surface area (Å²) in [6, 6.07) is 0. The molecule has 0 unspecified atom stereocenters. The summed E-state index contributed by atoms with van der Waals surface area (Å²) >= 11 is 2.02. The highest BCUT2D eigenvalue weighted by Crippen LogP contribution is 2.32. The zero-order chi connectivity index (χ0) is 8.65.